The Balaban J connectivity index is 2.00. The largest absolute Gasteiger partial charge is 0.328 e. The van der Waals surface area contributed by atoms with Crippen LogP contribution in [0.15, 0.2) is 0 Å². The predicted molar refractivity (Wildman–Crippen MR) is 99.6 cm³/mol. The SMILES string of the molecule is CCCc1nc2c(c(C)c(C)n3nnnc23)n1CCCCS(=O)(=O)NC. The number of hydrogen-bond donors (Lipinski definition) is 1. The summed E-state index contributed by atoms with van der Waals surface area (Å²) in [6, 6.07) is 0. The summed E-state index contributed by atoms with van der Waals surface area (Å²) in [5, 5.41) is 12.0. The molecule has 9 nitrogen and oxygen atoms in total. The van der Waals surface area contributed by atoms with Crippen molar-refractivity contribution in [3.8, 4) is 0 Å². The van der Waals surface area contributed by atoms with Gasteiger partial charge in [-0.05, 0) is 56.1 Å². The Labute approximate surface area is 152 Å². The lowest BCUT2D eigenvalue weighted by atomic mass is 10.2. The Bertz CT molecular complexity index is 1040. The molecule has 0 aromatic carbocycles. The summed E-state index contributed by atoms with van der Waals surface area (Å²) in [4.78, 5) is 4.82. The highest BCUT2D eigenvalue weighted by Gasteiger charge is 2.19. The third kappa shape index (κ3) is 3.30. The van der Waals surface area contributed by atoms with Crippen molar-refractivity contribution in [2.24, 2.45) is 0 Å². The zero-order valence-electron chi connectivity index (χ0n) is 15.7. The zero-order chi connectivity index (χ0) is 18.9. The summed E-state index contributed by atoms with van der Waals surface area (Å²) in [6.45, 7) is 6.89. The number of aryl methyl sites for hydroxylation is 4. The van der Waals surface area contributed by atoms with Gasteiger partial charge in [0.25, 0.3) is 0 Å². The van der Waals surface area contributed by atoms with E-state index in [9.17, 15) is 8.42 Å². The first kappa shape index (κ1) is 18.7. The van der Waals surface area contributed by atoms with Crippen molar-refractivity contribution in [3.05, 3.63) is 17.1 Å². The van der Waals surface area contributed by atoms with Gasteiger partial charge in [0.2, 0.25) is 15.7 Å². The zero-order valence-corrected chi connectivity index (χ0v) is 16.5. The maximum Gasteiger partial charge on any atom is 0.211 e. The lowest BCUT2D eigenvalue weighted by Gasteiger charge is -2.12. The summed E-state index contributed by atoms with van der Waals surface area (Å²) < 4.78 is 29.5. The minimum atomic E-state index is -3.16. The first-order valence-electron chi connectivity index (χ1n) is 8.87. The summed E-state index contributed by atoms with van der Waals surface area (Å²) in [5.41, 5.74) is 4.60. The monoisotopic (exact) mass is 379 g/mol. The first-order chi connectivity index (χ1) is 12.4. The minimum Gasteiger partial charge on any atom is -0.328 e. The van der Waals surface area contributed by atoms with Crippen LogP contribution in [0.25, 0.3) is 16.7 Å². The molecule has 0 atom stereocenters. The molecule has 142 valence electrons. The normalized spacial score (nSPS) is 12.5. The first-order valence-corrected chi connectivity index (χ1v) is 10.5. The van der Waals surface area contributed by atoms with E-state index in [1.54, 1.807) is 4.52 Å². The van der Waals surface area contributed by atoms with E-state index in [2.05, 4.69) is 38.7 Å². The molecule has 0 aliphatic heterocycles. The lowest BCUT2D eigenvalue weighted by molar-refractivity contribution is 0.573. The average molecular weight is 379 g/mol. The minimum absolute atomic E-state index is 0.135. The van der Waals surface area contributed by atoms with Crippen LogP contribution in [0.1, 0.15) is 43.3 Å². The fraction of sp³-hybridized carbons (Fsp3) is 0.625. The molecule has 0 aliphatic carbocycles. The number of rotatable bonds is 8. The van der Waals surface area contributed by atoms with Crippen LogP contribution in [0.4, 0.5) is 0 Å². The van der Waals surface area contributed by atoms with Gasteiger partial charge in [-0.2, -0.15) is 4.52 Å². The van der Waals surface area contributed by atoms with Crippen LogP contribution >= 0.6 is 0 Å². The highest BCUT2D eigenvalue weighted by molar-refractivity contribution is 7.89. The van der Waals surface area contributed by atoms with Crippen molar-refractivity contribution < 1.29 is 8.42 Å². The fourth-order valence-corrected chi connectivity index (χ4v) is 4.03. The second kappa shape index (κ2) is 7.28. The van der Waals surface area contributed by atoms with Crippen LogP contribution in [0, 0.1) is 13.8 Å². The van der Waals surface area contributed by atoms with Crippen LogP contribution in [0.5, 0.6) is 0 Å². The topological polar surface area (TPSA) is 107 Å². The Morgan fingerprint density at radius 2 is 1.96 bits per heavy atom. The molecule has 0 spiro atoms. The fourth-order valence-electron chi connectivity index (χ4n) is 3.25. The van der Waals surface area contributed by atoms with Crippen molar-refractivity contribution in [2.75, 3.05) is 12.8 Å². The van der Waals surface area contributed by atoms with E-state index in [0.29, 0.717) is 12.1 Å². The van der Waals surface area contributed by atoms with Crippen molar-refractivity contribution in [2.45, 2.75) is 53.0 Å². The molecule has 0 radical (unpaired) electrons. The summed E-state index contributed by atoms with van der Waals surface area (Å²) in [5.74, 6) is 1.13. The molecular weight excluding hydrogens is 354 g/mol. The van der Waals surface area contributed by atoms with E-state index >= 15 is 0 Å². The van der Waals surface area contributed by atoms with Gasteiger partial charge in [0, 0.05) is 18.7 Å². The summed E-state index contributed by atoms with van der Waals surface area (Å²) in [7, 11) is -1.72. The molecule has 0 amide bonds. The number of fused-ring (bicyclic) bond motifs is 3. The molecule has 0 unspecified atom stereocenters. The van der Waals surface area contributed by atoms with Gasteiger partial charge in [0.15, 0.2) is 0 Å². The summed E-state index contributed by atoms with van der Waals surface area (Å²) >= 11 is 0. The quantitative estimate of drug-likeness (QED) is 0.593. The van der Waals surface area contributed by atoms with Gasteiger partial charge in [-0.1, -0.05) is 6.92 Å². The van der Waals surface area contributed by atoms with E-state index in [4.69, 9.17) is 4.98 Å². The van der Waals surface area contributed by atoms with Gasteiger partial charge in [0.1, 0.15) is 11.3 Å². The average Bonchev–Trinajstić information content (AvgIpc) is 3.22. The number of nitrogens with one attached hydrogen (secondary N) is 1. The van der Waals surface area contributed by atoms with Crippen LogP contribution in [0.3, 0.4) is 0 Å². The number of sulfonamides is 1. The van der Waals surface area contributed by atoms with E-state index in [1.165, 1.54) is 7.05 Å². The number of unbranched alkanes of at least 4 members (excludes halogenated alkanes) is 1. The van der Waals surface area contributed by atoms with E-state index in [0.717, 1.165) is 53.9 Å². The highest BCUT2D eigenvalue weighted by Crippen LogP contribution is 2.26. The number of aromatic nitrogens is 6. The third-order valence-electron chi connectivity index (χ3n) is 4.77. The standard InChI is InChI=1S/C16H25N7O2S/c1-5-8-13-18-14-15(11(2)12(3)23-16(14)19-20-21-23)22(13)9-6-7-10-26(24,25)17-4/h17H,5-10H2,1-4H3. The van der Waals surface area contributed by atoms with Gasteiger partial charge in [-0.25, -0.2) is 18.1 Å². The number of imidazole rings is 1. The van der Waals surface area contributed by atoms with Gasteiger partial charge < -0.3 is 4.57 Å². The molecule has 3 rings (SSSR count). The number of pyridine rings is 1. The van der Waals surface area contributed by atoms with Crippen LogP contribution in [0.2, 0.25) is 0 Å². The highest BCUT2D eigenvalue weighted by atomic mass is 32.2. The number of tetrazole rings is 1. The maximum atomic E-state index is 11.6. The molecule has 0 bridgehead atoms. The maximum absolute atomic E-state index is 11.6. The van der Waals surface area contributed by atoms with Gasteiger partial charge in [-0.3, -0.25) is 0 Å². The molecule has 0 saturated carbocycles. The molecule has 3 aromatic rings. The molecule has 3 aromatic heterocycles. The van der Waals surface area contributed by atoms with Crippen molar-refractivity contribution in [1.29, 1.82) is 0 Å². The Kier molecular flexibility index (Phi) is 5.24. The van der Waals surface area contributed by atoms with Gasteiger partial charge >= 0.3 is 0 Å². The van der Waals surface area contributed by atoms with Crippen LogP contribution < -0.4 is 4.72 Å². The second-order valence-electron chi connectivity index (χ2n) is 6.48. The second-order valence-corrected chi connectivity index (χ2v) is 8.53. The molecule has 0 fully saturated rings. The Morgan fingerprint density at radius 3 is 2.65 bits per heavy atom. The van der Waals surface area contributed by atoms with E-state index in [1.807, 2.05) is 6.92 Å². The lowest BCUT2D eigenvalue weighted by Crippen LogP contribution is -2.22. The third-order valence-corrected chi connectivity index (χ3v) is 6.22. The predicted octanol–water partition coefficient (Wildman–Crippen LogP) is 1.37. The van der Waals surface area contributed by atoms with E-state index < -0.39 is 10.0 Å². The van der Waals surface area contributed by atoms with Crippen molar-refractivity contribution >= 4 is 26.7 Å². The molecule has 3 heterocycles. The smallest absolute Gasteiger partial charge is 0.211 e. The number of hydrogen-bond acceptors (Lipinski definition) is 6. The van der Waals surface area contributed by atoms with E-state index in [-0.39, 0.29) is 5.75 Å². The van der Waals surface area contributed by atoms with Crippen LogP contribution in [-0.2, 0) is 23.0 Å². The number of nitrogens with zero attached hydrogens (tertiary/aromatic N) is 6. The molecule has 0 saturated heterocycles. The van der Waals surface area contributed by atoms with Gasteiger partial charge in [0.05, 0.1) is 11.3 Å². The molecule has 10 heteroatoms. The van der Waals surface area contributed by atoms with Crippen molar-refractivity contribution in [3.63, 3.8) is 0 Å². The molecule has 1 N–H and O–H groups in total. The van der Waals surface area contributed by atoms with Gasteiger partial charge in [-0.15, -0.1) is 5.10 Å². The summed E-state index contributed by atoms with van der Waals surface area (Å²) in [6.07, 6.45) is 3.20. The molecule has 0 aliphatic rings. The van der Waals surface area contributed by atoms with Crippen LogP contribution in [-0.4, -0.2) is 50.8 Å². The molecular formula is C16H25N7O2S. The Morgan fingerprint density at radius 1 is 1.19 bits per heavy atom. The molecule has 26 heavy (non-hydrogen) atoms. The Hall–Kier alpha value is -2.07. The van der Waals surface area contributed by atoms with Crippen molar-refractivity contribution in [1.82, 2.24) is 34.3 Å².